The summed E-state index contributed by atoms with van der Waals surface area (Å²) in [5, 5.41) is 8.32. The molecule has 0 radical (unpaired) electrons. The summed E-state index contributed by atoms with van der Waals surface area (Å²) in [7, 11) is 1.81. The Balaban J connectivity index is 2.03. The first-order valence-electron chi connectivity index (χ1n) is 5.25. The number of rotatable bonds is 4. The van der Waals surface area contributed by atoms with Crippen molar-refractivity contribution in [2.24, 2.45) is 12.8 Å². The van der Waals surface area contributed by atoms with E-state index in [1.165, 1.54) is 23.9 Å². The maximum absolute atomic E-state index is 13.5. The lowest BCUT2D eigenvalue weighted by Crippen LogP contribution is -2.15. The average Bonchev–Trinajstić information content (AvgIpc) is 2.72. The molecule has 96 valence electrons. The van der Waals surface area contributed by atoms with E-state index < -0.39 is 17.7 Å². The largest absolute Gasteiger partial charge is 0.323 e. The van der Waals surface area contributed by atoms with Gasteiger partial charge in [0.2, 0.25) is 0 Å². The van der Waals surface area contributed by atoms with E-state index in [1.54, 1.807) is 10.9 Å². The van der Waals surface area contributed by atoms with Gasteiger partial charge in [0.05, 0.1) is 0 Å². The first-order valence-corrected chi connectivity index (χ1v) is 6.24. The zero-order valence-electron chi connectivity index (χ0n) is 9.68. The molecule has 1 heterocycles. The van der Waals surface area contributed by atoms with Crippen LogP contribution in [-0.2, 0) is 7.05 Å². The molecule has 0 spiro atoms. The third-order valence-electron chi connectivity index (χ3n) is 2.42. The van der Waals surface area contributed by atoms with Crippen LogP contribution in [0.4, 0.5) is 8.78 Å². The maximum atomic E-state index is 13.5. The van der Waals surface area contributed by atoms with Gasteiger partial charge in [0.1, 0.15) is 18.0 Å². The quantitative estimate of drug-likeness (QED) is 0.862. The Hall–Kier alpha value is -1.47. The molecule has 0 aliphatic carbocycles. The van der Waals surface area contributed by atoms with Gasteiger partial charge in [-0.05, 0) is 6.07 Å². The molecule has 7 heteroatoms. The second-order valence-electron chi connectivity index (χ2n) is 3.81. The molecule has 18 heavy (non-hydrogen) atoms. The smallest absolute Gasteiger partial charge is 0.190 e. The van der Waals surface area contributed by atoms with Crippen LogP contribution in [0.15, 0.2) is 29.7 Å². The average molecular weight is 270 g/mol. The monoisotopic (exact) mass is 270 g/mol. The van der Waals surface area contributed by atoms with Gasteiger partial charge < -0.3 is 10.3 Å². The lowest BCUT2D eigenvalue weighted by atomic mass is 10.1. The minimum atomic E-state index is -0.624. The third kappa shape index (κ3) is 2.85. The normalized spacial score (nSPS) is 12.7. The van der Waals surface area contributed by atoms with Crippen molar-refractivity contribution in [3.05, 3.63) is 41.7 Å². The van der Waals surface area contributed by atoms with Gasteiger partial charge in [-0.1, -0.05) is 17.8 Å². The van der Waals surface area contributed by atoms with Crippen LogP contribution in [0.5, 0.6) is 0 Å². The maximum Gasteiger partial charge on any atom is 0.190 e. The molecule has 0 saturated carbocycles. The zero-order chi connectivity index (χ0) is 13.1. The van der Waals surface area contributed by atoms with E-state index in [0.29, 0.717) is 16.5 Å². The van der Waals surface area contributed by atoms with Crippen LogP contribution >= 0.6 is 11.8 Å². The van der Waals surface area contributed by atoms with E-state index in [2.05, 4.69) is 10.2 Å². The van der Waals surface area contributed by atoms with Gasteiger partial charge >= 0.3 is 0 Å². The molecule has 1 aromatic heterocycles. The van der Waals surface area contributed by atoms with Crippen molar-refractivity contribution >= 4 is 11.8 Å². The van der Waals surface area contributed by atoms with Crippen LogP contribution in [-0.4, -0.2) is 20.5 Å². The Morgan fingerprint density at radius 2 is 2.22 bits per heavy atom. The Labute approximate surface area is 107 Å². The molecule has 0 aliphatic rings. The minimum absolute atomic E-state index is 0.297. The number of thioether (sulfide) groups is 1. The van der Waals surface area contributed by atoms with Crippen molar-refractivity contribution in [1.29, 1.82) is 0 Å². The van der Waals surface area contributed by atoms with E-state index in [9.17, 15) is 8.78 Å². The number of nitrogens with two attached hydrogens (primary N) is 1. The summed E-state index contributed by atoms with van der Waals surface area (Å²) in [5.74, 6) is -0.791. The Morgan fingerprint density at radius 1 is 1.44 bits per heavy atom. The molecule has 4 nitrogen and oxygen atoms in total. The second kappa shape index (κ2) is 5.45. The molecule has 2 N–H and O–H groups in total. The Bertz CT molecular complexity index is 544. The number of halogens is 2. The molecule has 0 fully saturated rings. The lowest BCUT2D eigenvalue weighted by Gasteiger charge is -2.12. The van der Waals surface area contributed by atoms with Crippen LogP contribution in [0.25, 0.3) is 0 Å². The van der Waals surface area contributed by atoms with Crippen molar-refractivity contribution in [1.82, 2.24) is 14.8 Å². The Morgan fingerprint density at radius 3 is 2.83 bits per heavy atom. The predicted molar refractivity (Wildman–Crippen MR) is 65.0 cm³/mol. The molecule has 0 saturated heterocycles. The molecule has 1 aromatic carbocycles. The minimum Gasteiger partial charge on any atom is -0.323 e. The summed E-state index contributed by atoms with van der Waals surface area (Å²) in [6, 6.07) is 2.88. The van der Waals surface area contributed by atoms with Gasteiger partial charge in [0.25, 0.3) is 0 Å². The fourth-order valence-electron chi connectivity index (χ4n) is 1.46. The van der Waals surface area contributed by atoms with E-state index in [-0.39, 0.29) is 0 Å². The van der Waals surface area contributed by atoms with Crippen LogP contribution in [0.3, 0.4) is 0 Å². The number of hydrogen-bond acceptors (Lipinski definition) is 4. The second-order valence-corrected chi connectivity index (χ2v) is 4.79. The molecule has 1 unspecified atom stereocenters. The fourth-order valence-corrected chi connectivity index (χ4v) is 2.32. The van der Waals surface area contributed by atoms with Crippen molar-refractivity contribution in [3.8, 4) is 0 Å². The van der Waals surface area contributed by atoms with Gasteiger partial charge in [0.15, 0.2) is 5.16 Å². The molecule has 2 aromatic rings. The molecule has 0 amide bonds. The molecule has 0 aliphatic heterocycles. The number of nitrogens with zero attached hydrogens (tertiary/aromatic N) is 3. The lowest BCUT2D eigenvalue weighted by molar-refractivity contribution is 0.563. The Kier molecular flexibility index (Phi) is 3.93. The summed E-state index contributed by atoms with van der Waals surface area (Å²) in [6.07, 6.45) is 1.58. The molecular weight excluding hydrogens is 258 g/mol. The number of hydrogen-bond donors (Lipinski definition) is 1. The van der Waals surface area contributed by atoms with Gasteiger partial charge in [-0.15, -0.1) is 10.2 Å². The van der Waals surface area contributed by atoms with Gasteiger partial charge in [-0.25, -0.2) is 8.78 Å². The molecular formula is C11H12F2N4S. The summed E-state index contributed by atoms with van der Waals surface area (Å²) in [4.78, 5) is 0. The van der Waals surface area contributed by atoms with Gasteiger partial charge in [-0.3, -0.25) is 0 Å². The highest BCUT2D eigenvalue weighted by atomic mass is 32.2. The first-order chi connectivity index (χ1) is 8.58. The van der Waals surface area contributed by atoms with Crippen LogP contribution in [0, 0.1) is 11.6 Å². The summed E-state index contributed by atoms with van der Waals surface area (Å²) >= 11 is 1.37. The standard InChI is InChI=1S/C11H12F2N4S/c1-17-6-15-16-11(17)18-5-10(14)8-3-2-7(12)4-9(8)13/h2-4,6,10H,5,14H2,1H3. The SMILES string of the molecule is Cn1cnnc1SCC(N)c1ccc(F)cc1F. The topological polar surface area (TPSA) is 56.7 Å². The number of aryl methyl sites for hydroxylation is 1. The van der Waals surface area contributed by atoms with Crippen LogP contribution in [0.1, 0.15) is 11.6 Å². The highest BCUT2D eigenvalue weighted by Gasteiger charge is 2.13. The van der Waals surface area contributed by atoms with Crippen molar-refractivity contribution < 1.29 is 8.78 Å². The van der Waals surface area contributed by atoms with E-state index in [1.807, 2.05) is 7.05 Å². The van der Waals surface area contributed by atoms with E-state index in [0.717, 1.165) is 6.07 Å². The molecule has 0 bridgehead atoms. The van der Waals surface area contributed by atoms with Crippen LogP contribution in [0.2, 0.25) is 0 Å². The summed E-state index contributed by atoms with van der Waals surface area (Å²) < 4.78 is 28.0. The first kappa shape index (κ1) is 13.0. The van der Waals surface area contributed by atoms with Crippen molar-refractivity contribution in [2.75, 3.05) is 5.75 Å². The van der Waals surface area contributed by atoms with Crippen molar-refractivity contribution in [3.63, 3.8) is 0 Å². The van der Waals surface area contributed by atoms with Gasteiger partial charge in [-0.2, -0.15) is 0 Å². The summed E-state index contributed by atoms with van der Waals surface area (Å²) in [6.45, 7) is 0. The van der Waals surface area contributed by atoms with E-state index in [4.69, 9.17) is 5.73 Å². The third-order valence-corrected chi connectivity index (χ3v) is 3.58. The zero-order valence-corrected chi connectivity index (χ0v) is 10.5. The predicted octanol–water partition coefficient (Wildman–Crippen LogP) is 1.89. The highest BCUT2D eigenvalue weighted by molar-refractivity contribution is 7.99. The number of benzene rings is 1. The molecule has 2 rings (SSSR count). The fraction of sp³-hybridized carbons (Fsp3) is 0.273. The highest BCUT2D eigenvalue weighted by Crippen LogP contribution is 2.23. The van der Waals surface area contributed by atoms with Gasteiger partial charge in [0, 0.05) is 30.5 Å². The summed E-state index contributed by atoms with van der Waals surface area (Å²) in [5.41, 5.74) is 6.17. The number of aromatic nitrogens is 3. The van der Waals surface area contributed by atoms with E-state index >= 15 is 0 Å². The van der Waals surface area contributed by atoms with Crippen LogP contribution < -0.4 is 5.73 Å². The van der Waals surface area contributed by atoms with Crippen molar-refractivity contribution in [2.45, 2.75) is 11.2 Å². The molecule has 1 atom stereocenters.